The first-order valence-corrected chi connectivity index (χ1v) is 6.72. The van der Waals surface area contributed by atoms with E-state index in [0.717, 1.165) is 17.4 Å². The van der Waals surface area contributed by atoms with Gasteiger partial charge in [0.25, 0.3) is 5.91 Å². The number of fused-ring (bicyclic) bond motifs is 1. The second-order valence-electron chi connectivity index (χ2n) is 4.25. The van der Waals surface area contributed by atoms with E-state index >= 15 is 0 Å². The SMILES string of the molecule is CCC(CNC)C1Oc2cc(Br)cnc2NC1=O. The van der Waals surface area contributed by atoms with Gasteiger partial charge in [0.15, 0.2) is 17.7 Å². The number of aromatic nitrogens is 1. The van der Waals surface area contributed by atoms with Gasteiger partial charge in [-0.05, 0) is 35.5 Å². The lowest BCUT2D eigenvalue weighted by Crippen LogP contribution is -2.45. The molecule has 0 radical (unpaired) electrons. The number of rotatable bonds is 4. The third kappa shape index (κ3) is 2.64. The summed E-state index contributed by atoms with van der Waals surface area (Å²) < 4.78 is 6.62. The van der Waals surface area contributed by atoms with E-state index in [0.29, 0.717) is 11.6 Å². The molecule has 1 aliphatic heterocycles. The molecule has 0 spiro atoms. The maximum absolute atomic E-state index is 12.0. The van der Waals surface area contributed by atoms with Gasteiger partial charge in [0, 0.05) is 23.1 Å². The van der Waals surface area contributed by atoms with Gasteiger partial charge in [-0.3, -0.25) is 4.79 Å². The summed E-state index contributed by atoms with van der Waals surface area (Å²) in [6.07, 6.45) is 2.04. The molecule has 1 amide bonds. The number of hydrogen-bond acceptors (Lipinski definition) is 4. The first-order valence-electron chi connectivity index (χ1n) is 5.93. The van der Waals surface area contributed by atoms with Gasteiger partial charge in [0.1, 0.15) is 0 Å². The number of nitrogens with zero attached hydrogens (tertiary/aromatic N) is 1. The second-order valence-corrected chi connectivity index (χ2v) is 5.17. The van der Waals surface area contributed by atoms with Crippen molar-refractivity contribution in [3.8, 4) is 5.75 Å². The highest BCUT2D eigenvalue weighted by atomic mass is 79.9. The topological polar surface area (TPSA) is 63.2 Å². The third-order valence-corrected chi connectivity index (χ3v) is 3.43. The molecule has 5 nitrogen and oxygen atoms in total. The standard InChI is InChI=1S/C12H16BrN3O2/c1-3-7(5-14-2)10-12(17)16-11-9(18-10)4-8(13)6-15-11/h4,6-7,10,14H,3,5H2,1-2H3,(H,15,16,17). The zero-order valence-electron chi connectivity index (χ0n) is 10.4. The number of amides is 1. The summed E-state index contributed by atoms with van der Waals surface area (Å²) in [6.45, 7) is 2.79. The highest BCUT2D eigenvalue weighted by Crippen LogP contribution is 2.32. The molecule has 0 aromatic carbocycles. The summed E-state index contributed by atoms with van der Waals surface area (Å²) in [6, 6.07) is 1.82. The lowest BCUT2D eigenvalue weighted by molar-refractivity contribution is -0.126. The molecule has 0 bridgehead atoms. The largest absolute Gasteiger partial charge is 0.476 e. The summed E-state index contributed by atoms with van der Waals surface area (Å²) in [5.41, 5.74) is 0. The van der Waals surface area contributed by atoms with Crippen molar-refractivity contribution >= 4 is 27.7 Å². The predicted octanol–water partition coefficient (Wildman–Crippen LogP) is 1.79. The molecule has 98 valence electrons. The van der Waals surface area contributed by atoms with Crippen LogP contribution < -0.4 is 15.4 Å². The molecule has 2 unspecified atom stereocenters. The average Bonchev–Trinajstić information content (AvgIpc) is 2.36. The Hall–Kier alpha value is -1.14. The maximum atomic E-state index is 12.0. The smallest absolute Gasteiger partial charge is 0.267 e. The minimum Gasteiger partial charge on any atom is -0.476 e. The Morgan fingerprint density at radius 2 is 2.44 bits per heavy atom. The molecule has 2 heterocycles. The van der Waals surface area contributed by atoms with E-state index in [-0.39, 0.29) is 11.8 Å². The van der Waals surface area contributed by atoms with Crippen molar-refractivity contribution in [1.29, 1.82) is 0 Å². The summed E-state index contributed by atoms with van der Waals surface area (Å²) in [7, 11) is 1.87. The molecule has 2 N–H and O–H groups in total. The summed E-state index contributed by atoms with van der Waals surface area (Å²) in [5, 5.41) is 5.87. The molecule has 0 aliphatic carbocycles. The molecule has 2 atom stereocenters. The fraction of sp³-hybridized carbons (Fsp3) is 0.500. The van der Waals surface area contributed by atoms with E-state index in [4.69, 9.17) is 4.74 Å². The Morgan fingerprint density at radius 1 is 1.67 bits per heavy atom. The number of nitrogens with one attached hydrogen (secondary N) is 2. The van der Waals surface area contributed by atoms with Crippen LogP contribution in [0.4, 0.5) is 5.82 Å². The highest BCUT2D eigenvalue weighted by molar-refractivity contribution is 9.10. The quantitative estimate of drug-likeness (QED) is 0.889. The number of anilines is 1. The minimum atomic E-state index is -0.467. The fourth-order valence-electron chi connectivity index (χ4n) is 2.02. The van der Waals surface area contributed by atoms with Crippen LogP contribution in [0.5, 0.6) is 5.75 Å². The number of pyridine rings is 1. The first-order chi connectivity index (χ1) is 8.65. The van der Waals surface area contributed by atoms with Gasteiger partial charge in [-0.1, -0.05) is 6.92 Å². The Balaban J connectivity index is 2.23. The number of carbonyl (C=O) groups is 1. The number of halogens is 1. The van der Waals surface area contributed by atoms with E-state index in [1.165, 1.54) is 0 Å². The molecule has 1 aromatic heterocycles. The van der Waals surface area contributed by atoms with Gasteiger partial charge in [0.05, 0.1) is 0 Å². The summed E-state index contributed by atoms with van der Waals surface area (Å²) >= 11 is 3.34. The summed E-state index contributed by atoms with van der Waals surface area (Å²) in [4.78, 5) is 16.1. The van der Waals surface area contributed by atoms with Gasteiger partial charge in [0.2, 0.25) is 0 Å². The van der Waals surface area contributed by atoms with E-state index < -0.39 is 6.10 Å². The molecule has 0 saturated carbocycles. The van der Waals surface area contributed by atoms with Gasteiger partial charge in [-0.25, -0.2) is 4.98 Å². The van der Waals surface area contributed by atoms with Gasteiger partial charge >= 0.3 is 0 Å². The maximum Gasteiger partial charge on any atom is 0.267 e. The monoisotopic (exact) mass is 313 g/mol. The van der Waals surface area contributed by atoms with Crippen LogP contribution in [0.3, 0.4) is 0 Å². The van der Waals surface area contributed by atoms with Crippen LogP contribution in [-0.4, -0.2) is 30.6 Å². The van der Waals surface area contributed by atoms with Crippen LogP contribution in [0.1, 0.15) is 13.3 Å². The number of carbonyl (C=O) groups excluding carboxylic acids is 1. The van der Waals surface area contributed by atoms with E-state index in [1.807, 2.05) is 20.0 Å². The van der Waals surface area contributed by atoms with Crippen LogP contribution >= 0.6 is 15.9 Å². The second kappa shape index (κ2) is 5.67. The molecule has 6 heteroatoms. The number of hydrogen-bond donors (Lipinski definition) is 2. The van der Waals surface area contributed by atoms with E-state index in [1.54, 1.807) is 6.20 Å². The van der Waals surface area contributed by atoms with Crippen LogP contribution in [0.2, 0.25) is 0 Å². The molecule has 1 aliphatic rings. The zero-order chi connectivity index (χ0) is 13.1. The van der Waals surface area contributed by atoms with Crippen LogP contribution in [-0.2, 0) is 4.79 Å². The summed E-state index contributed by atoms with van der Waals surface area (Å²) in [5.74, 6) is 1.11. The Labute approximate surface area is 114 Å². The van der Waals surface area contributed by atoms with Crippen molar-refractivity contribution < 1.29 is 9.53 Å². The van der Waals surface area contributed by atoms with Crippen molar-refractivity contribution in [2.24, 2.45) is 5.92 Å². The van der Waals surface area contributed by atoms with Crippen molar-refractivity contribution in [1.82, 2.24) is 10.3 Å². The van der Waals surface area contributed by atoms with Crippen molar-refractivity contribution in [3.63, 3.8) is 0 Å². The Kier molecular flexibility index (Phi) is 4.19. The molecule has 2 rings (SSSR count). The Bertz CT molecular complexity index is 453. The van der Waals surface area contributed by atoms with Crippen molar-refractivity contribution in [3.05, 3.63) is 16.7 Å². The lowest BCUT2D eigenvalue weighted by Gasteiger charge is -2.30. The number of ether oxygens (including phenoxy) is 1. The van der Waals surface area contributed by atoms with Crippen molar-refractivity contribution in [2.45, 2.75) is 19.4 Å². The first kappa shape index (κ1) is 13.3. The molecule has 0 saturated heterocycles. The minimum absolute atomic E-state index is 0.126. The third-order valence-electron chi connectivity index (χ3n) is 2.99. The average molecular weight is 314 g/mol. The molecular formula is C12H16BrN3O2. The highest BCUT2D eigenvalue weighted by Gasteiger charge is 2.34. The zero-order valence-corrected chi connectivity index (χ0v) is 12.0. The predicted molar refractivity (Wildman–Crippen MR) is 72.7 cm³/mol. The van der Waals surface area contributed by atoms with E-state index in [9.17, 15) is 4.79 Å². The van der Waals surface area contributed by atoms with Gasteiger partial charge in [-0.15, -0.1) is 0 Å². The lowest BCUT2D eigenvalue weighted by atomic mass is 9.97. The van der Waals surface area contributed by atoms with E-state index in [2.05, 4.69) is 31.5 Å². The van der Waals surface area contributed by atoms with Crippen LogP contribution in [0.25, 0.3) is 0 Å². The van der Waals surface area contributed by atoms with Crippen LogP contribution in [0, 0.1) is 5.92 Å². The van der Waals surface area contributed by atoms with Gasteiger partial charge < -0.3 is 15.4 Å². The molecule has 0 fully saturated rings. The molecular weight excluding hydrogens is 298 g/mol. The van der Waals surface area contributed by atoms with Crippen LogP contribution in [0.15, 0.2) is 16.7 Å². The fourth-order valence-corrected chi connectivity index (χ4v) is 2.33. The molecule has 18 heavy (non-hydrogen) atoms. The Morgan fingerprint density at radius 3 is 3.11 bits per heavy atom. The normalized spacial score (nSPS) is 19.7. The van der Waals surface area contributed by atoms with Crippen molar-refractivity contribution in [2.75, 3.05) is 18.9 Å². The molecule has 1 aromatic rings. The van der Waals surface area contributed by atoms with Gasteiger partial charge in [-0.2, -0.15) is 0 Å².